The van der Waals surface area contributed by atoms with Crippen molar-refractivity contribution in [2.45, 2.75) is 123 Å². The van der Waals surface area contributed by atoms with Gasteiger partial charge in [0.15, 0.2) is 0 Å². The van der Waals surface area contributed by atoms with Crippen molar-refractivity contribution in [3.63, 3.8) is 0 Å². The first kappa shape index (κ1) is 38.9. The molecule has 276 valence electrons. The van der Waals surface area contributed by atoms with E-state index in [9.17, 15) is 28.8 Å². The third-order valence-electron chi connectivity index (χ3n) is 11.5. The number of rotatable bonds is 14. The molecule has 4 fully saturated rings. The third kappa shape index (κ3) is 9.07. The molecule has 4 rings (SSSR count). The van der Waals surface area contributed by atoms with Gasteiger partial charge in [0.2, 0.25) is 23.5 Å². The third-order valence-corrected chi connectivity index (χ3v) is 11.5. The predicted molar refractivity (Wildman–Crippen MR) is 190 cm³/mol. The maximum absolute atomic E-state index is 14.6. The van der Waals surface area contributed by atoms with Crippen LogP contribution in [0.3, 0.4) is 0 Å². The molecule has 2 aliphatic heterocycles. The van der Waals surface area contributed by atoms with Crippen LogP contribution in [-0.4, -0.2) is 95.6 Å². The number of Topliss-reactive ketones (excluding diaryl/α,β-unsaturated/α-hetero) is 1. The summed E-state index contributed by atoms with van der Waals surface area (Å²) >= 11 is 0. The fraction of sp³-hybridized carbons (Fsp3) is 0.737. The monoisotopic (exact) mass is 694 g/mol. The Labute approximate surface area is 297 Å². The number of carbonyl (C=O) groups excluding carboxylic acids is 6. The number of amides is 6. The van der Waals surface area contributed by atoms with Gasteiger partial charge in [0.1, 0.15) is 12.1 Å². The number of nitrogens with zero attached hydrogens (tertiary/aromatic N) is 2. The molecule has 2 saturated carbocycles. The summed E-state index contributed by atoms with van der Waals surface area (Å²) in [6.45, 7) is 15.2. The van der Waals surface area contributed by atoms with Gasteiger partial charge in [-0.25, -0.2) is 4.79 Å². The van der Waals surface area contributed by atoms with Crippen molar-refractivity contribution in [3.8, 4) is 12.3 Å². The predicted octanol–water partition coefficient (Wildman–Crippen LogP) is 2.91. The van der Waals surface area contributed by atoms with Crippen LogP contribution in [0.25, 0.3) is 0 Å². The first-order valence-electron chi connectivity index (χ1n) is 18.4. The van der Waals surface area contributed by atoms with Gasteiger partial charge in [-0.2, -0.15) is 0 Å². The van der Waals surface area contributed by atoms with E-state index in [2.05, 4.69) is 47.6 Å². The summed E-state index contributed by atoms with van der Waals surface area (Å²) in [7, 11) is 0. The zero-order chi connectivity index (χ0) is 36.8. The Morgan fingerprint density at radius 2 is 1.74 bits per heavy atom. The van der Waals surface area contributed by atoms with Crippen molar-refractivity contribution in [3.05, 3.63) is 12.7 Å². The van der Waals surface area contributed by atoms with Crippen LogP contribution < -0.4 is 21.3 Å². The minimum atomic E-state index is -1.15. The molecule has 0 aromatic heterocycles. The van der Waals surface area contributed by atoms with Crippen molar-refractivity contribution in [1.29, 1.82) is 0 Å². The lowest BCUT2D eigenvalue weighted by atomic mass is 9.83. The van der Waals surface area contributed by atoms with Crippen molar-refractivity contribution >= 4 is 35.4 Å². The minimum absolute atomic E-state index is 0.0745. The average molecular weight is 695 g/mol. The summed E-state index contributed by atoms with van der Waals surface area (Å²) in [6.07, 6.45) is 13.9. The summed E-state index contributed by atoms with van der Waals surface area (Å²) < 4.78 is 0. The van der Waals surface area contributed by atoms with Crippen LogP contribution in [0.2, 0.25) is 0 Å². The Balaban J connectivity index is 1.55. The summed E-state index contributed by atoms with van der Waals surface area (Å²) in [5.41, 5.74) is -0.560. The minimum Gasteiger partial charge on any atom is -0.346 e. The number of hydrogen-bond acceptors (Lipinski definition) is 6. The van der Waals surface area contributed by atoms with Crippen molar-refractivity contribution in [2.75, 3.05) is 26.2 Å². The van der Waals surface area contributed by atoms with Gasteiger partial charge in [0.05, 0.1) is 12.1 Å². The Morgan fingerprint density at radius 1 is 1.04 bits per heavy atom. The number of nitrogens with one attached hydrogen (secondary N) is 4. The molecule has 12 heteroatoms. The average Bonchev–Trinajstić information content (AvgIpc) is 3.38. The molecule has 2 aliphatic carbocycles. The van der Waals surface area contributed by atoms with Crippen LogP contribution in [0, 0.1) is 40.9 Å². The van der Waals surface area contributed by atoms with Gasteiger partial charge in [0, 0.05) is 39.0 Å². The molecule has 0 bridgehead atoms. The summed E-state index contributed by atoms with van der Waals surface area (Å²) in [5, 5.41) is 11.4. The number of hydrogen-bond donors (Lipinski definition) is 4. The van der Waals surface area contributed by atoms with Crippen LogP contribution in [0.15, 0.2) is 12.7 Å². The highest BCUT2D eigenvalue weighted by Gasteiger charge is 2.69. The van der Waals surface area contributed by atoms with E-state index in [0.29, 0.717) is 26.1 Å². The Hall–Kier alpha value is -3.88. The topological polar surface area (TPSA) is 157 Å². The number of urea groups is 1. The van der Waals surface area contributed by atoms with Crippen LogP contribution in [-0.2, 0) is 24.0 Å². The highest BCUT2D eigenvalue weighted by molar-refractivity contribution is 6.38. The Kier molecular flexibility index (Phi) is 12.8. The molecule has 2 saturated heterocycles. The van der Waals surface area contributed by atoms with E-state index in [0.717, 1.165) is 44.9 Å². The fourth-order valence-corrected chi connectivity index (χ4v) is 8.16. The van der Waals surface area contributed by atoms with Gasteiger partial charge < -0.3 is 31.1 Å². The summed E-state index contributed by atoms with van der Waals surface area (Å²) in [4.78, 5) is 84.2. The van der Waals surface area contributed by atoms with Crippen molar-refractivity contribution in [2.24, 2.45) is 28.6 Å². The van der Waals surface area contributed by atoms with Gasteiger partial charge in [-0.1, -0.05) is 60.0 Å². The molecule has 1 unspecified atom stereocenters. The highest BCUT2D eigenvalue weighted by atomic mass is 16.2. The van der Waals surface area contributed by atoms with E-state index in [-0.39, 0.29) is 65.8 Å². The molecule has 6 atom stereocenters. The van der Waals surface area contributed by atoms with E-state index in [1.165, 1.54) is 6.08 Å². The maximum atomic E-state index is 14.6. The number of ketones is 1. The Morgan fingerprint density at radius 3 is 2.36 bits per heavy atom. The smallest absolute Gasteiger partial charge is 0.315 e. The molecule has 0 aromatic carbocycles. The zero-order valence-corrected chi connectivity index (χ0v) is 30.6. The molecule has 6 amide bonds. The standard InChI is InChI=1S/C38H58N6O6/c1-8-10-18-26(32(46)34(48)39-20-9-2)40-33(47)31-29-25(38(29,6)7)22-44(31)35(49)30(24-16-12-11-13-17-24)42-36(50)41-27(37(3,4)5)23-43-21-15-14-19-28(43)45/h1,9,24-27,29-31H,2,10-23H2,3-7H3,(H,39,48)(H,40,47)(H2,41,42,50)/t25-,26?,27+,29-,30-,31-/m0/s1. The number of fused-ring (bicyclic) bond motifs is 1. The van der Waals surface area contributed by atoms with Gasteiger partial charge in [-0.15, -0.1) is 18.9 Å². The molecule has 0 spiro atoms. The summed E-state index contributed by atoms with van der Waals surface area (Å²) in [5.74, 6) is -0.0904. The Bertz CT molecular complexity index is 1360. The normalized spacial score (nSPS) is 24.9. The van der Waals surface area contributed by atoms with Crippen LogP contribution in [0.1, 0.15) is 98.8 Å². The quantitative estimate of drug-likeness (QED) is 0.125. The summed E-state index contributed by atoms with van der Waals surface area (Å²) in [6, 6.07) is -3.71. The van der Waals surface area contributed by atoms with Crippen LogP contribution in [0.4, 0.5) is 4.79 Å². The highest BCUT2D eigenvalue weighted by Crippen LogP contribution is 2.65. The molecular formula is C38H58N6O6. The lowest BCUT2D eigenvalue weighted by molar-refractivity contribution is -0.144. The van der Waals surface area contributed by atoms with Crippen molar-refractivity contribution < 1.29 is 28.8 Å². The molecule has 0 radical (unpaired) electrons. The molecule has 4 N–H and O–H groups in total. The first-order valence-corrected chi connectivity index (χ1v) is 18.4. The fourth-order valence-electron chi connectivity index (χ4n) is 8.16. The second kappa shape index (κ2) is 16.4. The van der Waals surface area contributed by atoms with E-state index in [1.807, 2.05) is 25.7 Å². The second-order valence-corrected chi connectivity index (χ2v) is 16.3. The van der Waals surface area contributed by atoms with E-state index >= 15 is 0 Å². The number of piperidine rings is 2. The van der Waals surface area contributed by atoms with Gasteiger partial charge in [0.25, 0.3) is 5.91 Å². The van der Waals surface area contributed by atoms with E-state index in [1.54, 1.807) is 4.90 Å². The maximum Gasteiger partial charge on any atom is 0.315 e. The van der Waals surface area contributed by atoms with Gasteiger partial charge in [-0.05, 0) is 60.7 Å². The molecule has 2 heterocycles. The molecule has 12 nitrogen and oxygen atoms in total. The first-order chi connectivity index (χ1) is 23.6. The number of terminal acetylenes is 1. The second-order valence-electron chi connectivity index (χ2n) is 16.3. The molecule has 4 aliphatic rings. The largest absolute Gasteiger partial charge is 0.346 e. The van der Waals surface area contributed by atoms with Crippen LogP contribution in [0.5, 0.6) is 0 Å². The molecule has 50 heavy (non-hydrogen) atoms. The van der Waals surface area contributed by atoms with E-state index in [4.69, 9.17) is 6.42 Å². The number of likely N-dealkylation sites (tertiary alicyclic amines) is 2. The van der Waals surface area contributed by atoms with Crippen molar-refractivity contribution in [1.82, 2.24) is 31.1 Å². The lowest BCUT2D eigenvalue weighted by Crippen LogP contribution is -2.62. The SMILES string of the molecule is C#CCCC(NC(=O)[C@@H]1[C@@H]2[C@H](CN1C(=O)[C@@H](NC(=O)N[C@H](CN1CCCCC1=O)C(C)(C)C)C1CCCCC1)C2(C)C)C(=O)C(=O)NCC=C. The van der Waals surface area contributed by atoms with Gasteiger partial charge >= 0.3 is 6.03 Å². The molecule has 0 aromatic rings. The van der Waals surface area contributed by atoms with Gasteiger partial charge in [-0.3, -0.25) is 24.0 Å². The van der Waals surface area contributed by atoms with E-state index < -0.39 is 41.8 Å². The lowest BCUT2D eigenvalue weighted by Gasteiger charge is -2.39. The zero-order valence-electron chi connectivity index (χ0n) is 30.6. The number of carbonyl (C=O) groups is 6. The van der Waals surface area contributed by atoms with Crippen LogP contribution >= 0.6 is 0 Å². The molecular weight excluding hydrogens is 636 g/mol.